The Hall–Kier alpha value is -2.35. The van der Waals surface area contributed by atoms with Crippen molar-refractivity contribution in [1.29, 1.82) is 0 Å². The van der Waals surface area contributed by atoms with Gasteiger partial charge >= 0.3 is 0 Å². The SMILES string of the molecule is CCNC(=NCc1cc(-c2ccccc2)on1)N1CCS(=O)(=O)C(C)(C)C1. The molecule has 0 unspecified atom stereocenters. The zero-order valence-electron chi connectivity index (χ0n) is 16.0. The first-order valence-corrected chi connectivity index (χ1v) is 10.7. The summed E-state index contributed by atoms with van der Waals surface area (Å²) in [5.74, 6) is 1.53. The van der Waals surface area contributed by atoms with E-state index in [9.17, 15) is 8.42 Å². The summed E-state index contributed by atoms with van der Waals surface area (Å²) in [5.41, 5.74) is 1.70. The van der Waals surface area contributed by atoms with E-state index in [2.05, 4.69) is 15.5 Å². The average molecular weight is 391 g/mol. The van der Waals surface area contributed by atoms with Crippen molar-refractivity contribution in [2.45, 2.75) is 32.1 Å². The zero-order chi connectivity index (χ0) is 19.5. The first-order valence-electron chi connectivity index (χ1n) is 9.09. The van der Waals surface area contributed by atoms with E-state index in [1.807, 2.05) is 48.2 Å². The molecule has 2 heterocycles. The van der Waals surface area contributed by atoms with Crippen LogP contribution in [0.5, 0.6) is 0 Å². The van der Waals surface area contributed by atoms with E-state index >= 15 is 0 Å². The lowest BCUT2D eigenvalue weighted by Crippen LogP contribution is -2.57. The minimum atomic E-state index is -3.09. The van der Waals surface area contributed by atoms with Gasteiger partial charge in [-0.25, -0.2) is 13.4 Å². The Morgan fingerprint density at radius 3 is 2.74 bits per heavy atom. The van der Waals surface area contributed by atoms with Gasteiger partial charge in [0.1, 0.15) is 5.69 Å². The van der Waals surface area contributed by atoms with Gasteiger partial charge in [-0.3, -0.25) is 0 Å². The lowest BCUT2D eigenvalue weighted by molar-refractivity contribution is 0.353. The number of nitrogens with one attached hydrogen (secondary N) is 1. The fraction of sp³-hybridized carbons (Fsp3) is 0.474. The van der Waals surface area contributed by atoms with Crippen LogP contribution in [0.2, 0.25) is 0 Å². The summed E-state index contributed by atoms with van der Waals surface area (Å²) in [6, 6.07) is 11.7. The number of guanidine groups is 1. The summed E-state index contributed by atoms with van der Waals surface area (Å²) in [6.45, 7) is 7.44. The third-order valence-electron chi connectivity index (χ3n) is 4.69. The molecule has 0 radical (unpaired) electrons. The van der Waals surface area contributed by atoms with Gasteiger partial charge in [-0.1, -0.05) is 35.5 Å². The van der Waals surface area contributed by atoms with Crippen LogP contribution in [0.25, 0.3) is 11.3 Å². The Morgan fingerprint density at radius 1 is 1.33 bits per heavy atom. The van der Waals surface area contributed by atoms with Crippen LogP contribution in [0, 0.1) is 0 Å². The highest BCUT2D eigenvalue weighted by Gasteiger charge is 2.40. The summed E-state index contributed by atoms with van der Waals surface area (Å²) in [7, 11) is -3.09. The second kappa shape index (κ2) is 7.72. The van der Waals surface area contributed by atoms with Crippen molar-refractivity contribution in [2.24, 2.45) is 4.99 Å². The third-order valence-corrected chi connectivity index (χ3v) is 7.22. The van der Waals surface area contributed by atoms with Gasteiger partial charge in [-0.05, 0) is 20.8 Å². The largest absolute Gasteiger partial charge is 0.357 e. The number of hydrogen-bond acceptors (Lipinski definition) is 5. The number of aliphatic imine (C=N–C) groups is 1. The maximum absolute atomic E-state index is 12.2. The van der Waals surface area contributed by atoms with E-state index in [0.29, 0.717) is 37.9 Å². The predicted molar refractivity (Wildman–Crippen MR) is 106 cm³/mol. The highest BCUT2D eigenvalue weighted by Crippen LogP contribution is 2.24. The van der Waals surface area contributed by atoms with Crippen molar-refractivity contribution < 1.29 is 12.9 Å². The summed E-state index contributed by atoms with van der Waals surface area (Å²) < 4.78 is 29.1. The van der Waals surface area contributed by atoms with Crippen LogP contribution in [-0.4, -0.2) is 54.6 Å². The van der Waals surface area contributed by atoms with E-state index < -0.39 is 14.6 Å². The molecule has 1 aromatic heterocycles. The number of rotatable bonds is 4. The Balaban J connectivity index is 1.74. The Bertz CT molecular complexity index is 904. The molecule has 0 saturated carbocycles. The molecule has 0 aliphatic carbocycles. The van der Waals surface area contributed by atoms with E-state index in [1.54, 1.807) is 13.8 Å². The highest BCUT2D eigenvalue weighted by molar-refractivity contribution is 7.92. The van der Waals surface area contributed by atoms with Crippen LogP contribution in [0.4, 0.5) is 0 Å². The number of aromatic nitrogens is 1. The van der Waals surface area contributed by atoms with Gasteiger partial charge in [-0.2, -0.15) is 0 Å². The Kier molecular flexibility index (Phi) is 5.55. The summed E-state index contributed by atoms with van der Waals surface area (Å²) in [5, 5.41) is 7.35. The maximum Gasteiger partial charge on any atom is 0.194 e. The van der Waals surface area contributed by atoms with Gasteiger partial charge in [0.2, 0.25) is 0 Å². The fourth-order valence-corrected chi connectivity index (χ4v) is 4.40. The molecule has 146 valence electrons. The van der Waals surface area contributed by atoms with E-state index in [1.165, 1.54) is 0 Å². The van der Waals surface area contributed by atoms with E-state index in [4.69, 9.17) is 4.52 Å². The zero-order valence-corrected chi connectivity index (χ0v) is 16.8. The van der Waals surface area contributed by atoms with Crippen molar-refractivity contribution in [2.75, 3.05) is 25.4 Å². The quantitative estimate of drug-likeness (QED) is 0.637. The van der Waals surface area contributed by atoms with Crippen molar-refractivity contribution in [3.8, 4) is 11.3 Å². The van der Waals surface area contributed by atoms with Crippen LogP contribution >= 0.6 is 0 Å². The van der Waals surface area contributed by atoms with Crippen molar-refractivity contribution in [1.82, 2.24) is 15.4 Å². The molecule has 0 atom stereocenters. The number of benzene rings is 1. The molecule has 1 aliphatic heterocycles. The minimum Gasteiger partial charge on any atom is -0.357 e. The average Bonchev–Trinajstić information content (AvgIpc) is 3.11. The molecule has 1 aromatic carbocycles. The second-order valence-electron chi connectivity index (χ2n) is 7.22. The number of sulfone groups is 1. The minimum absolute atomic E-state index is 0.131. The molecule has 1 saturated heterocycles. The fourth-order valence-electron chi connectivity index (χ4n) is 3.03. The van der Waals surface area contributed by atoms with Crippen molar-refractivity contribution in [3.63, 3.8) is 0 Å². The molecule has 0 spiro atoms. The lowest BCUT2D eigenvalue weighted by atomic mass is 10.2. The molecule has 0 amide bonds. The second-order valence-corrected chi connectivity index (χ2v) is 9.96. The Morgan fingerprint density at radius 2 is 2.07 bits per heavy atom. The van der Waals surface area contributed by atoms with Gasteiger partial charge in [0.25, 0.3) is 0 Å². The number of hydrogen-bond donors (Lipinski definition) is 1. The van der Waals surface area contributed by atoms with Gasteiger partial charge in [0.05, 0.1) is 17.0 Å². The van der Waals surface area contributed by atoms with Crippen molar-refractivity contribution in [3.05, 3.63) is 42.1 Å². The standard InChI is InChI=1S/C19H26N4O3S/c1-4-20-18(23-10-11-27(24,25)19(2,3)14-23)21-13-16-12-17(26-22-16)15-8-6-5-7-9-15/h5-9,12H,4,10-11,13-14H2,1-3H3,(H,20,21). The molecule has 1 N–H and O–H groups in total. The molecular weight excluding hydrogens is 364 g/mol. The molecule has 1 aliphatic rings. The summed E-state index contributed by atoms with van der Waals surface area (Å²) >= 11 is 0. The molecule has 7 nitrogen and oxygen atoms in total. The number of nitrogens with zero attached hydrogens (tertiary/aromatic N) is 3. The van der Waals surface area contributed by atoms with E-state index in [0.717, 1.165) is 11.3 Å². The third kappa shape index (κ3) is 4.32. The molecule has 8 heteroatoms. The normalized spacial score (nSPS) is 19.1. The lowest BCUT2D eigenvalue weighted by Gasteiger charge is -2.39. The van der Waals surface area contributed by atoms with Crippen LogP contribution in [0.15, 0.2) is 45.9 Å². The van der Waals surface area contributed by atoms with Gasteiger partial charge in [0.15, 0.2) is 21.6 Å². The van der Waals surface area contributed by atoms with E-state index in [-0.39, 0.29) is 5.75 Å². The van der Waals surface area contributed by atoms with Crippen LogP contribution < -0.4 is 5.32 Å². The molecule has 1 fully saturated rings. The first kappa shape index (κ1) is 19.4. The summed E-state index contributed by atoms with van der Waals surface area (Å²) in [6.07, 6.45) is 0. The van der Waals surface area contributed by atoms with Gasteiger partial charge in [-0.15, -0.1) is 0 Å². The maximum atomic E-state index is 12.2. The van der Waals surface area contributed by atoms with Crippen LogP contribution in [-0.2, 0) is 16.4 Å². The molecule has 3 rings (SSSR count). The van der Waals surface area contributed by atoms with Gasteiger partial charge in [0, 0.05) is 31.3 Å². The smallest absolute Gasteiger partial charge is 0.194 e. The highest BCUT2D eigenvalue weighted by atomic mass is 32.2. The molecule has 27 heavy (non-hydrogen) atoms. The van der Waals surface area contributed by atoms with Crippen LogP contribution in [0.3, 0.4) is 0 Å². The summed E-state index contributed by atoms with van der Waals surface area (Å²) in [4.78, 5) is 6.64. The molecular formula is C19H26N4O3S. The monoisotopic (exact) mass is 390 g/mol. The predicted octanol–water partition coefficient (Wildman–Crippen LogP) is 2.32. The first-order chi connectivity index (χ1) is 12.8. The van der Waals surface area contributed by atoms with Crippen LogP contribution in [0.1, 0.15) is 26.5 Å². The Labute approximate surface area is 160 Å². The topological polar surface area (TPSA) is 87.8 Å². The molecule has 2 aromatic rings. The van der Waals surface area contributed by atoms with Gasteiger partial charge < -0.3 is 14.7 Å². The van der Waals surface area contributed by atoms with Crippen molar-refractivity contribution >= 4 is 15.8 Å². The molecule has 0 bridgehead atoms.